The molecule has 1 heterocycles. The summed E-state index contributed by atoms with van der Waals surface area (Å²) >= 11 is 0. The number of nitrogens with zero attached hydrogens (tertiary/aromatic N) is 1. The fraction of sp³-hybridized carbons (Fsp3) is 0.417. The quantitative estimate of drug-likeness (QED) is 0.615. The molecular weight excluding hydrogens is 218 g/mol. The number of benzene rings is 1. The lowest BCUT2D eigenvalue weighted by Crippen LogP contribution is -2.35. The number of anilines is 2. The van der Waals surface area contributed by atoms with Crippen LogP contribution >= 0.6 is 0 Å². The van der Waals surface area contributed by atoms with E-state index < -0.39 is 0 Å². The van der Waals surface area contributed by atoms with Gasteiger partial charge in [0.15, 0.2) is 6.10 Å². The van der Waals surface area contributed by atoms with Gasteiger partial charge in [-0.1, -0.05) is 0 Å². The molecule has 1 aromatic rings. The van der Waals surface area contributed by atoms with Crippen LogP contribution in [-0.2, 0) is 4.74 Å². The molecule has 1 unspecified atom stereocenters. The molecule has 0 bridgehead atoms. The highest BCUT2D eigenvalue weighted by atomic mass is 16.5. The van der Waals surface area contributed by atoms with E-state index >= 15 is 0 Å². The molecule has 1 aliphatic rings. The van der Waals surface area contributed by atoms with E-state index in [4.69, 9.17) is 15.2 Å². The van der Waals surface area contributed by atoms with Crippen molar-refractivity contribution in [1.82, 2.24) is 0 Å². The van der Waals surface area contributed by atoms with Crippen molar-refractivity contribution in [2.45, 2.75) is 13.0 Å². The van der Waals surface area contributed by atoms with Crippen molar-refractivity contribution < 1.29 is 9.47 Å². The number of hydrogen-bond acceptors (Lipinski definition) is 4. The van der Waals surface area contributed by atoms with Gasteiger partial charge in [0.05, 0.1) is 18.8 Å². The lowest BCUT2D eigenvalue weighted by atomic mass is 10.2. The maximum absolute atomic E-state index is 5.74. The molecule has 1 atom stereocenters. The van der Waals surface area contributed by atoms with Gasteiger partial charge in [-0.05, 0) is 25.1 Å². The maximum atomic E-state index is 5.74. The molecule has 0 aromatic heterocycles. The first-order chi connectivity index (χ1) is 8.20. The predicted molar refractivity (Wildman–Crippen MR) is 68.7 cm³/mol. The van der Waals surface area contributed by atoms with Crippen molar-refractivity contribution >= 4 is 17.2 Å². The normalized spacial score (nSPS) is 20.6. The molecule has 0 saturated carbocycles. The van der Waals surface area contributed by atoms with Crippen LogP contribution in [-0.4, -0.2) is 32.2 Å². The first-order valence-electron chi connectivity index (χ1n) is 5.57. The van der Waals surface area contributed by atoms with Crippen LogP contribution in [0.2, 0.25) is 0 Å². The van der Waals surface area contributed by atoms with Crippen molar-refractivity contribution in [2.75, 3.05) is 31.3 Å². The van der Waals surface area contributed by atoms with Gasteiger partial charge in [-0.25, -0.2) is 0 Å². The molecule has 0 spiro atoms. The van der Waals surface area contributed by atoms with E-state index in [2.05, 4.69) is 10.3 Å². The third-order valence-corrected chi connectivity index (χ3v) is 2.53. The Hall–Kier alpha value is -1.75. The van der Waals surface area contributed by atoms with Gasteiger partial charge in [0, 0.05) is 12.8 Å². The van der Waals surface area contributed by atoms with Gasteiger partial charge >= 0.3 is 0 Å². The number of nitrogens with one attached hydrogen (secondary N) is 1. The van der Waals surface area contributed by atoms with Crippen LogP contribution < -0.4 is 15.8 Å². The second-order valence-corrected chi connectivity index (χ2v) is 3.90. The smallest absolute Gasteiger partial charge is 0.153 e. The number of ether oxygens (including phenoxy) is 2. The molecule has 0 fully saturated rings. The Morgan fingerprint density at radius 2 is 2.35 bits per heavy atom. The first-order valence-corrected chi connectivity index (χ1v) is 5.57. The lowest BCUT2D eigenvalue weighted by Gasteiger charge is -2.26. The van der Waals surface area contributed by atoms with Crippen LogP contribution in [0.3, 0.4) is 0 Å². The second-order valence-electron chi connectivity index (χ2n) is 3.90. The third-order valence-electron chi connectivity index (χ3n) is 2.53. The number of nitrogen functional groups attached to an aromatic ring is 1. The average Bonchev–Trinajstić information content (AvgIpc) is 2.31. The van der Waals surface area contributed by atoms with Gasteiger partial charge in [-0.2, -0.15) is 0 Å². The summed E-state index contributed by atoms with van der Waals surface area (Å²) in [6.07, 6.45) is -0.0806. The number of rotatable bonds is 3. The number of methoxy groups -OCH3 is 1. The van der Waals surface area contributed by atoms with Crippen LogP contribution in [0.4, 0.5) is 11.4 Å². The fourth-order valence-corrected chi connectivity index (χ4v) is 1.66. The van der Waals surface area contributed by atoms with E-state index in [0.29, 0.717) is 18.8 Å². The highest BCUT2D eigenvalue weighted by Gasteiger charge is 2.21. The number of amidine groups is 1. The topological polar surface area (TPSA) is 68.9 Å². The Kier molecular flexibility index (Phi) is 3.49. The number of nitrogens with two attached hydrogens (primary N) is 1. The van der Waals surface area contributed by atoms with E-state index in [0.717, 1.165) is 17.3 Å². The van der Waals surface area contributed by atoms with Gasteiger partial charge in [0.1, 0.15) is 11.6 Å². The molecule has 5 nitrogen and oxygen atoms in total. The summed E-state index contributed by atoms with van der Waals surface area (Å²) < 4.78 is 10.7. The van der Waals surface area contributed by atoms with E-state index in [-0.39, 0.29) is 6.10 Å². The molecule has 0 amide bonds. The molecule has 3 N–H and O–H groups in total. The molecule has 92 valence electrons. The Balaban J connectivity index is 2.16. The van der Waals surface area contributed by atoms with Gasteiger partial charge in [0.25, 0.3) is 0 Å². The highest BCUT2D eigenvalue weighted by Crippen LogP contribution is 2.31. The SMILES string of the molecule is COCCN=C1Nc2cc(N)ccc2OC1C. The van der Waals surface area contributed by atoms with E-state index in [1.807, 2.05) is 25.1 Å². The highest BCUT2D eigenvalue weighted by molar-refractivity contribution is 6.02. The lowest BCUT2D eigenvalue weighted by molar-refractivity contribution is 0.207. The molecule has 0 saturated heterocycles. The van der Waals surface area contributed by atoms with Crippen LogP contribution in [0, 0.1) is 0 Å². The largest absolute Gasteiger partial charge is 0.481 e. The Morgan fingerprint density at radius 3 is 3.12 bits per heavy atom. The summed E-state index contributed by atoms with van der Waals surface area (Å²) in [5.41, 5.74) is 7.29. The minimum absolute atomic E-state index is 0.0806. The van der Waals surface area contributed by atoms with Gasteiger partial charge in [-0.15, -0.1) is 0 Å². The Labute approximate surface area is 101 Å². The molecule has 17 heavy (non-hydrogen) atoms. The molecule has 2 rings (SSSR count). The summed E-state index contributed by atoms with van der Waals surface area (Å²) in [7, 11) is 1.66. The van der Waals surface area contributed by atoms with Crippen LogP contribution in [0.5, 0.6) is 5.75 Å². The fourth-order valence-electron chi connectivity index (χ4n) is 1.66. The Bertz CT molecular complexity index is 432. The summed E-state index contributed by atoms with van der Waals surface area (Å²) in [5, 5.41) is 3.24. The van der Waals surface area contributed by atoms with Crippen molar-refractivity contribution in [3.05, 3.63) is 18.2 Å². The molecule has 1 aliphatic heterocycles. The third kappa shape index (κ3) is 2.68. The average molecular weight is 235 g/mol. The minimum atomic E-state index is -0.0806. The number of aliphatic imine (C=N–C) groups is 1. The molecule has 5 heteroatoms. The molecule has 1 aromatic carbocycles. The monoisotopic (exact) mass is 235 g/mol. The second kappa shape index (κ2) is 5.05. The first kappa shape index (κ1) is 11.7. The zero-order chi connectivity index (χ0) is 12.3. The van der Waals surface area contributed by atoms with Crippen LogP contribution in [0.25, 0.3) is 0 Å². The summed E-state index contributed by atoms with van der Waals surface area (Å²) in [5.74, 6) is 1.61. The standard InChI is InChI=1S/C12H17N3O2/c1-8-12(14-5-6-16-2)15-10-7-9(13)3-4-11(10)17-8/h3-4,7-8H,5-6,13H2,1-2H3,(H,14,15). The Morgan fingerprint density at radius 1 is 1.53 bits per heavy atom. The summed E-state index contributed by atoms with van der Waals surface area (Å²) in [6, 6.07) is 5.52. The van der Waals surface area contributed by atoms with E-state index in [9.17, 15) is 0 Å². The van der Waals surface area contributed by atoms with Crippen molar-refractivity contribution in [2.24, 2.45) is 4.99 Å². The number of hydrogen-bond donors (Lipinski definition) is 2. The van der Waals surface area contributed by atoms with Crippen molar-refractivity contribution in [3.8, 4) is 5.75 Å². The van der Waals surface area contributed by atoms with Gasteiger partial charge in [-0.3, -0.25) is 4.99 Å². The zero-order valence-corrected chi connectivity index (χ0v) is 10.1. The predicted octanol–water partition coefficient (Wildman–Crippen LogP) is 1.51. The van der Waals surface area contributed by atoms with Gasteiger partial charge < -0.3 is 20.5 Å². The molecular formula is C12H17N3O2. The van der Waals surface area contributed by atoms with Gasteiger partial charge in [0.2, 0.25) is 0 Å². The van der Waals surface area contributed by atoms with Crippen molar-refractivity contribution in [1.29, 1.82) is 0 Å². The molecule has 0 aliphatic carbocycles. The van der Waals surface area contributed by atoms with Crippen LogP contribution in [0.1, 0.15) is 6.92 Å². The van der Waals surface area contributed by atoms with Crippen molar-refractivity contribution in [3.63, 3.8) is 0 Å². The van der Waals surface area contributed by atoms with Crippen LogP contribution in [0.15, 0.2) is 23.2 Å². The van der Waals surface area contributed by atoms with E-state index in [1.54, 1.807) is 7.11 Å². The minimum Gasteiger partial charge on any atom is -0.481 e. The molecule has 0 radical (unpaired) electrons. The van der Waals surface area contributed by atoms with E-state index in [1.165, 1.54) is 0 Å². The zero-order valence-electron chi connectivity index (χ0n) is 10.1. The summed E-state index contributed by atoms with van der Waals surface area (Å²) in [4.78, 5) is 4.40. The maximum Gasteiger partial charge on any atom is 0.153 e. The summed E-state index contributed by atoms with van der Waals surface area (Å²) in [6.45, 7) is 3.17. The number of fused-ring (bicyclic) bond motifs is 1.